The Labute approximate surface area is 192 Å². The number of rotatable bonds is 7. The quantitative estimate of drug-likeness (QED) is 0.390. The van der Waals surface area contributed by atoms with Crippen molar-refractivity contribution in [1.29, 1.82) is 0 Å². The Morgan fingerprint density at radius 2 is 1.85 bits per heavy atom. The molecule has 0 bridgehead atoms. The Hall–Kier alpha value is -3.52. The highest BCUT2D eigenvalue weighted by Crippen LogP contribution is 2.43. The van der Waals surface area contributed by atoms with Gasteiger partial charge in [0.15, 0.2) is 11.5 Å². The summed E-state index contributed by atoms with van der Waals surface area (Å²) in [7, 11) is 1.52. The minimum atomic E-state index is -0.829. The average Bonchev–Trinajstić information content (AvgIpc) is 3.08. The first-order valence-corrected chi connectivity index (χ1v) is 10.8. The van der Waals surface area contributed by atoms with Crippen LogP contribution in [-0.4, -0.2) is 61.3 Å². The van der Waals surface area contributed by atoms with Gasteiger partial charge in [0.2, 0.25) is 0 Å². The third-order valence-electron chi connectivity index (χ3n) is 5.57. The first-order chi connectivity index (χ1) is 15.9. The van der Waals surface area contributed by atoms with Gasteiger partial charge in [-0.2, -0.15) is 0 Å². The number of likely N-dealkylation sites (tertiary alicyclic amines) is 1. The maximum absolute atomic E-state index is 13.2. The fraction of sp³-hybridized carbons (Fsp3) is 0.360. The molecule has 2 heterocycles. The van der Waals surface area contributed by atoms with Crippen LogP contribution < -0.4 is 14.2 Å². The summed E-state index contributed by atoms with van der Waals surface area (Å²) in [5.41, 5.74) is 0.948. The van der Waals surface area contributed by atoms with E-state index in [4.69, 9.17) is 18.9 Å². The molecule has 1 N–H and O–H groups in total. The van der Waals surface area contributed by atoms with Crippen molar-refractivity contribution < 1.29 is 33.6 Å². The van der Waals surface area contributed by atoms with Crippen LogP contribution in [0.15, 0.2) is 48.0 Å². The number of ether oxygens (including phenoxy) is 4. The number of benzene rings is 2. The van der Waals surface area contributed by atoms with Gasteiger partial charge in [0.05, 0.1) is 31.4 Å². The maximum atomic E-state index is 13.2. The number of amides is 1. The number of Topliss-reactive ketones (excluding diaryl/α,β-unsaturated/α-hetero) is 1. The van der Waals surface area contributed by atoms with Gasteiger partial charge in [-0.3, -0.25) is 9.59 Å². The fourth-order valence-electron chi connectivity index (χ4n) is 4.06. The zero-order valence-corrected chi connectivity index (χ0v) is 18.9. The lowest BCUT2D eigenvalue weighted by Crippen LogP contribution is -2.33. The lowest BCUT2D eigenvalue weighted by atomic mass is 9.94. The molecule has 2 aliphatic heterocycles. The van der Waals surface area contributed by atoms with Crippen molar-refractivity contribution in [3.8, 4) is 17.2 Å². The summed E-state index contributed by atoms with van der Waals surface area (Å²) in [6.07, 6.45) is -0.0238. The highest BCUT2D eigenvalue weighted by Gasteiger charge is 2.47. The van der Waals surface area contributed by atoms with Gasteiger partial charge in [0.25, 0.3) is 11.7 Å². The van der Waals surface area contributed by atoms with Crippen LogP contribution in [0.5, 0.6) is 17.2 Å². The summed E-state index contributed by atoms with van der Waals surface area (Å²) in [6.45, 7) is 5.06. The van der Waals surface area contributed by atoms with Gasteiger partial charge >= 0.3 is 0 Å². The topological polar surface area (TPSA) is 94.5 Å². The van der Waals surface area contributed by atoms with E-state index < -0.39 is 17.7 Å². The minimum absolute atomic E-state index is 0.00859. The van der Waals surface area contributed by atoms with Crippen molar-refractivity contribution in [2.75, 3.05) is 33.5 Å². The molecular weight excluding hydrogens is 426 g/mol. The Morgan fingerprint density at radius 3 is 2.58 bits per heavy atom. The number of aliphatic hydroxyl groups is 1. The molecule has 0 saturated carbocycles. The van der Waals surface area contributed by atoms with Crippen molar-refractivity contribution in [3.05, 3.63) is 59.2 Å². The number of methoxy groups -OCH3 is 1. The number of hydrogen-bond acceptors (Lipinski definition) is 7. The zero-order chi connectivity index (χ0) is 23.5. The molecule has 4 rings (SSSR count). The van der Waals surface area contributed by atoms with E-state index in [0.29, 0.717) is 41.6 Å². The summed E-state index contributed by atoms with van der Waals surface area (Å²) in [4.78, 5) is 27.6. The molecule has 0 radical (unpaired) electrons. The maximum Gasteiger partial charge on any atom is 0.295 e. The molecule has 1 saturated heterocycles. The van der Waals surface area contributed by atoms with E-state index in [9.17, 15) is 14.7 Å². The molecule has 1 amide bonds. The third kappa shape index (κ3) is 4.39. The van der Waals surface area contributed by atoms with Crippen LogP contribution in [0.3, 0.4) is 0 Å². The second-order valence-corrected chi connectivity index (χ2v) is 8.01. The van der Waals surface area contributed by atoms with Gasteiger partial charge in [0, 0.05) is 17.7 Å². The predicted molar refractivity (Wildman–Crippen MR) is 121 cm³/mol. The van der Waals surface area contributed by atoms with Gasteiger partial charge in [0.1, 0.15) is 24.7 Å². The van der Waals surface area contributed by atoms with E-state index in [2.05, 4.69) is 0 Å². The number of para-hydroxylation sites is 1. The molecule has 2 aliphatic rings. The van der Waals surface area contributed by atoms with Crippen LogP contribution >= 0.6 is 0 Å². The van der Waals surface area contributed by atoms with Gasteiger partial charge in [-0.25, -0.2) is 0 Å². The monoisotopic (exact) mass is 453 g/mol. The largest absolute Gasteiger partial charge is 0.507 e. The van der Waals surface area contributed by atoms with Crippen LogP contribution in [0.25, 0.3) is 5.76 Å². The van der Waals surface area contributed by atoms with E-state index in [0.717, 1.165) is 0 Å². The third-order valence-corrected chi connectivity index (χ3v) is 5.57. The number of nitrogens with zero attached hydrogens (tertiary/aromatic N) is 1. The summed E-state index contributed by atoms with van der Waals surface area (Å²) >= 11 is 0. The summed E-state index contributed by atoms with van der Waals surface area (Å²) < 4.78 is 22.3. The number of carbonyl (C=O) groups is 2. The average molecular weight is 453 g/mol. The first-order valence-electron chi connectivity index (χ1n) is 10.8. The number of fused-ring (bicyclic) bond motifs is 1. The van der Waals surface area contributed by atoms with Crippen LogP contribution in [0.2, 0.25) is 0 Å². The Morgan fingerprint density at radius 1 is 1.12 bits per heavy atom. The van der Waals surface area contributed by atoms with Crippen LogP contribution in [0.1, 0.15) is 31.0 Å². The standard InChI is InChI=1S/C25H27NO7/c1-15(2)31-11-10-26-22(17-6-4-5-7-18(17)30-3)21(24(28)25(26)29)23(27)16-8-9-19-20(14-16)33-13-12-32-19/h4-9,14-15,22,27H,10-13H2,1-3H3/b23-21+. The minimum Gasteiger partial charge on any atom is -0.507 e. The van der Waals surface area contributed by atoms with E-state index in [1.165, 1.54) is 12.0 Å². The molecule has 2 aromatic carbocycles. The van der Waals surface area contributed by atoms with Crippen LogP contribution in [0.4, 0.5) is 0 Å². The van der Waals surface area contributed by atoms with Crippen LogP contribution in [0, 0.1) is 0 Å². The second kappa shape index (κ2) is 9.54. The van der Waals surface area contributed by atoms with Crippen molar-refractivity contribution in [1.82, 2.24) is 4.90 Å². The van der Waals surface area contributed by atoms with Crippen LogP contribution in [-0.2, 0) is 14.3 Å². The molecule has 174 valence electrons. The molecule has 1 atom stereocenters. The summed E-state index contributed by atoms with van der Waals surface area (Å²) in [5.74, 6) is -0.204. The lowest BCUT2D eigenvalue weighted by Gasteiger charge is -2.27. The Balaban J connectivity index is 1.82. The fourth-order valence-corrected chi connectivity index (χ4v) is 4.06. The van der Waals surface area contributed by atoms with Gasteiger partial charge in [-0.15, -0.1) is 0 Å². The molecule has 0 aliphatic carbocycles. The SMILES string of the molecule is COc1ccccc1C1/C(=C(\O)c2ccc3c(c2)OCCO3)C(=O)C(=O)N1CCOC(C)C. The molecule has 2 aromatic rings. The Kier molecular flexibility index (Phi) is 6.55. The van der Waals surface area contributed by atoms with Gasteiger partial charge < -0.3 is 29.0 Å². The molecule has 0 spiro atoms. The Bertz CT molecular complexity index is 1090. The van der Waals surface area contributed by atoms with Crippen molar-refractivity contribution in [2.24, 2.45) is 0 Å². The summed E-state index contributed by atoms with van der Waals surface area (Å²) in [5, 5.41) is 11.2. The van der Waals surface area contributed by atoms with Crippen molar-refractivity contribution in [2.45, 2.75) is 26.0 Å². The summed E-state index contributed by atoms with van der Waals surface area (Å²) in [6, 6.07) is 11.2. The van der Waals surface area contributed by atoms with Crippen molar-refractivity contribution in [3.63, 3.8) is 0 Å². The second-order valence-electron chi connectivity index (χ2n) is 8.01. The van der Waals surface area contributed by atoms with E-state index >= 15 is 0 Å². The molecule has 8 heteroatoms. The first kappa shape index (κ1) is 22.7. The smallest absolute Gasteiger partial charge is 0.295 e. The molecule has 1 unspecified atom stereocenters. The van der Waals surface area contributed by atoms with Crippen molar-refractivity contribution >= 4 is 17.4 Å². The molecule has 0 aromatic heterocycles. The number of ketones is 1. The predicted octanol–water partition coefficient (Wildman–Crippen LogP) is 3.31. The molecule has 8 nitrogen and oxygen atoms in total. The molecular formula is C25H27NO7. The van der Waals surface area contributed by atoms with Gasteiger partial charge in [-0.05, 0) is 38.1 Å². The van der Waals surface area contributed by atoms with Gasteiger partial charge in [-0.1, -0.05) is 18.2 Å². The van der Waals surface area contributed by atoms with E-state index in [1.54, 1.807) is 42.5 Å². The number of carbonyl (C=O) groups excluding carboxylic acids is 2. The normalized spacial score (nSPS) is 19.3. The number of hydrogen-bond donors (Lipinski definition) is 1. The zero-order valence-electron chi connectivity index (χ0n) is 18.9. The highest BCUT2D eigenvalue weighted by molar-refractivity contribution is 6.46. The molecule has 33 heavy (non-hydrogen) atoms. The van der Waals surface area contributed by atoms with E-state index in [1.807, 2.05) is 13.8 Å². The highest BCUT2D eigenvalue weighted by atomic mass is 16.6. The molecule has 1 fully saturated rings. The number of aliphatic hydroxyl groups excluding tert-OH is 1. The van der Waals surface area contributed by atoms with E-state index in [-0.39, 0.29) is 30.6 Å². The lowest BCUT2D eigenvalue weighted by molar-refractivity contribution is -0.140.